The van der Waals surface area contributed by atoms with E-state index in [0.29, 0.717) is 6.07 Å². The van der Waals surface area contributed by atoms with E-state index in [1.807, 2.05) is 0 Å². The smallest absolute Gasteiger partial charge is 0.343 e. The normalized spacial score (nSPS) is 10.9. The summed E-state index contributed by atoms with van der Waals surface area (Å²) in [5.41, 5.74) is -1.28. The van der Waals surface area contributed by atoms with E-state index in [-0.39, 0.29) is 28.9 Å². The lowest BCUT2D eigenvalue weighted by molar-refractivity contribution is 0.0524. The molecule has 1 heterocycles. The van der Waals surface area contributed by atoms with Crippen LogP contribution in [0.5, 0.6) is 5.75 Å². The number of fused-ring (bicyclic) bond motifs is 1. The lowest BCUT2D eigenvalue weighted by Gasteiger charge is -2.16. The van der Waals surface area contributed by atoms with Gasteiger partial charge in [-0.1, -0.05) is 11.6 Å². The van der Waals surface area contributed by atoms with Crippen molar-refractivity contribution in [2.45, 2.75) is 6.92 Å². The van der Waals surface area contributed by atoms with Crippen molar-refractivity contribution in [1.29, 1.82) is 0 Å². The Labute approximate surface area is 161 Å². The van der Waals surface area contributed by atoms with Gasteiger partial charge in [0.15, 0.2) is 23.2 Å². The van der Waals surface area contributed by atoms with Gasteiger partial charge in [-0.2, -0.15) is 0 Å². The highest BCUT2D eigenvalue weighted by Gasteiger charge is 2.23. The Morgan fingerprint density at radius 3 is 2.54 bits per heavy atom. The molecular formula is C19H13ClF3NO4. The number of hydrogen-bond acceptors (Lipinski definition) is 4. The van der Waals surface area contributed by atoms with Gasteiger partial charge < -0.3 is 14.0 Å². The van der Waals surface area contributed by atoms with E-state index in [9.17, 15) is 22.8 Å². The molecule has 0 saturated carbocycles. The molecule has 0 aliphatic heterocycles. The molecule has 0 N–H and O–H groups in total. The van der Waals surface area contributed by atoms with Gasteiger partial charge in [0, 0.05) is 18.0 Å². The molecule has 0 fully saturated rings. The second-order valence-electron chi connectivity index (χ2n) is 5.66. The first kappa shape index (κ1) is 19.8. The summed E-state index contributed by atoms with van der Waals surface area (Å²) in [6, 6.07) is 4.29. The summed E-state index contributed by atoms with van der Waals surface area (Å²) in [7, 11) is 1.25. The van der Waals surface area contributed by atoms with E-state index in [4.69, 9.17) is 21.1 Å². The maximum Gasteiger partial charge on any atom is 0.343 e. The van der Waals surface area contributed by atoms with Crippen molar-refractivity contribution in [2.24, 2.45) is 0 Å². The van der Waals surface area contributed by atoms with Gasteiger partial charge in [-0.25, -0.2) is 18.0 Å². The van der Waals surface area contributed by atoms with Gasteiger partial charge in [-0.15, -0.1) is 0 Å². The van der Waals surface area contributed by atoms with Crippen LogP contribution < -0.4 is 10.2 Å². The monoisotopic (exact) mass is 411 g/mol. The molecule has 0 aliphatic carbocycles. The number of methoxy groups -OCH3 is 1. The van der Waals surface area contributed by atoms with Crippen LogP contribution >= 0.6 is 11.6 Å². The number of rotatable bonds is 4. The van der Waals surface area contributed by atoms with Crippen LogP contribution in [0.15, 0.2) is 35.3 Å². The standard InChI is InChI=1S/C19H13ClF3NO4/c1-3-28-19(26)11-8-24(9-4-5-12(21)14(6-9)27-2)17-10(18(11)25)7-13(22)16(23)15(17)20/h4-8H,3H2,1-2H3. The lowest BCUT2D eigenvalue weighted by Crippen LogP contribution is -2.21. The number of carbonyl (C=O) groups is 1. The third kappa shape index (κ3) is 3.20. The maximum absolute atomic E-state index is 14.1. The minimum atomic E-state index is -1.36. The Balaban J connectivity index is 2.46. The fourth-order valence-corrected chi connectivity index (χ4v) is 3.03. The van der Waals surface area contributed by atoms with Gasteiger partial charge in [-0.05, 0) is 25.1 Å². The molecule has 0 saturated heterocycles. The van der Waals surface area contributed by atoms with Gasteiger partial charge in [0.05, 0.1) is 24.6 Å². The number of nitrogens with zero attached hydrogens (tertiary/aromatic N) is 1. The first-order valence-corrected chi connectivity index (χ1v) is 8.41. The first-order valence-electron chi connectivity index (χ1n) is 8.04. The zero-order chi connectivity index (χ0) is 20.6. The van der Waals surface area contributed by atoms with Crippen LogP contribution in [0.25, 0.3) is 16.6 Å². The van der Waals surface area contributed by atoms with Crippen LogP contribution in [0.1, 0.15) is 17.3 Å². The molecule has 0 unspecified atom stereocenters. The van der Waals surface area contributed by atoms with Crippen LogP contribution in [-0.4, -0.2) is 24.3 Å². The van der Waals surface area contributed by atoms with Crippen LogP contribution in [0.2, 0.25) is 5.02 Å². The summed E-state index contributed by atoms with van der Waals surface area (Å²) in [4.78, 5) is 24.9. The van der Waals surface area contributed by atoms with Gasteiger partial charge in [0.25, 0.3) is 0 Å². The highest BCUT2D eigenvalue weighted by atomic mass is 35.5. The van der Waals surface area contributed by atoms with Gasteiger partial charge in [-0.3, -0.25) is 4.79 Å². The average Bonchev–Trinajstić information content (AvgIpc) is 2.67. The predicted molar refractivity (Wildman–Crippen MR) is 96.9 cm³/mol. The average molecular weight is 412 g/mol. The van der Waals surface area contributed by atoms with Gasteiger partial charge in [0.1, 0.15) is 10.6 Å². The van der Waals surface area contributed by atoms with Crippen molar-refractivity contribution in [3.63, 3.8) is 0 Å². The van der Waals surface area contributed by atoms with E-state index >= 15 is 0 Å². The maximum atomic E-state index is 14.1. The van der Waals surface area contributed by atoms with Crippen LogP contribution in [0.3, 0.4) is 0 Å². The second-order valence-corrected chi connectivity index (χ2v) is 6.04. The number of carbonyl (C=O) groups excluding carboxylic acids is 1. The minimum Gasteiger partial charge on any atom is -0.494 e. The molecule has 0 aliphatic rings. The van der Waals surface area contributed by atoms with Gasteiger partial charge >= 0.3 is 5.97 Å². The third-order valence-corrected chi connectivity index (χ3v) is 4.38. The molecule has 0 amide bonds. The number of benzene rings is 2. The molecule has 146 valence electrons. The molecule has 3 aromatic rings. The fourth-order valence-electron chi connectivity index (χ4n) is 2.75. The van der Waals surface area contributed by atoms with Crippen molar-refractivity contribution in [2.75, 3.05) is 13.7 Å². The summed E-state index contributed by atoms with van der Waals surface area (Å²) in [6.45, 7) is 1.55. The molecule has 0 radical (unpaired) electrons. The number of halogens is 4. The highest BCUT2D eigenvalue weighted by Crippen LogP contribution is 2.31. The first-order chi connectivity index (χ1) is 13.3. The predicted octanol–water partition coefficient (Wildman–Crippen LogP) is 4.25. The fraction of sp³-hybridized carbons (Fsp3) is 0.158. The summed E-state index contributed by atoms with van der Waals surface area (Å²) in [6.07, 6.45) is 1.08. The van der Waals surface area contributed by atoms with E-state index in [1.165, 1.54) is 23.8 Å². The number of pyridine rings is 1. The van der Waals surface area contributed by atoms with Crippen molar-refractivity contribution in [3.8, 4) is 11.4 Å². The molecule has 9 heteroatoms. The zero-order valence-corrected chi connectivity index (χ0v) is 15.4. The van der Waals surface area contributed by atoms with Crippen molar-refractivity contribution < 1.29 is 27.4 Å². The summed E-state index contributed by atoms with van der Waals surface area (Å²) >= 11 is 5.96. The molecule has 3 rings (SSSR count). The Kier molecular flexibility index (Phi) is 5.33. The quantitative estimate of drug-likeness (QED) is 0.476. The largest absolute Gasteiger partial charge is 0.494 e. The van der Waals surface area contributed by atoms with E-state index < -0.39 is 39.4 Å². The molecule has 0 bridgehead atoms. The van der Waals surface area contributed by atoms with E-state index in [2.05, 4.69) is 0 Å². The molecular weight excluding hydrogens is 399 g/mol. The Morgan fingerprint density at radius 1 is 1.18 bits per heavy atom. The molecule has 0 spiro atoms. The van der Waals surface area contributed by atoms with Crippen LogP contribution in [0.4, 0.5) is 13.2 Å². The third-order valence-electron chi connectivity index (χ3n) is 4.03. The van der Waals surface area contributed by atoms with E-state index in [0.717, 1.165) is 12.3 Å². The SMILES string of the molecule is CCOC(=O)c1cn(-c2ccc(F)c(OC)c2)c2c(Cl)c(F)c(F)cc2c1=O. The van der Waals surface area contributed by atoms with E-state index in [1.54, 1.807) is 6.92 Å². The summed E-state index contributed by atoms with van der Waals surface area (Å²) in [5.74, 6) is -4.46. The van der Waals surface area contributed by atoms with Crippen molar-refractivity contribution in [1.82, 2.24) is 4.57 Å². The second kappa shape index (κ2) is 7.55. The lowest BCUT2D eigenvalue weighted by atomic mass is 10.1. The number of ether oxygens (including phenoxy) is 2. The van der Waals surface area contributed by atoms with Gasteiger partial charge in [0.2, 0.25) is 5.43 Å². The number of esters is 1. The molecule has 1 aromatic heterocycles. The summed E-state index contributed by atoms with van der Waals surface area (Å²) in [5, 5.41) is -0.997. The summed E-state index contributed by atoms with van der Waals surface area (Å²) < 4.78 is 52.7. The van der Waals surface area contributed by atoms with Crippen LogP contribution in [0, 0.1) is 17.5 Å². The number of hydrogen-bond donors (Lipinski definition) is 0. The Bertz CT molecular complexity index is 1160. The number of aromatic nitrogens is 1. The molecule has 2 aromatic carbocycles. The molecule has 28 heavy (non-hydrogen) atoms. The topological polar surface area (TPSA) is 57.5 Å². The Morgan fingerprint density at radius 2 is 1.89 bits per heavy atom. The molecule has 5 nitrogen and oxygen atoms in total. The highest BCUT2D eigenvalue weighted by molar-refractivity contribution is 6.35. The Hall–Kier alpha value is -3.00. The molecule has 0 atom stereocenters. The minimum absolute atomic E-state index is 0.000777. The zero-order valence-electron chi connectivity index (χ0n) is 14.7. The van der Waals surface area contributed by atoms with Crippen molar-refractivity contribution in [3.05, 3.63) is 68.7 Å². The van der Waals surface area contributed by atoms with Crippen LogP contribution in [-0.2, 0) is 4.74 Å². The van der Waals surface area contributed by atoms with Crippen molar-refractivity contribution >= 4 is 28.5 Å².